The molecule has 0 amide bonds. The highest BCUT2D eigenvalue weighted by atomic mass is 16.5. The Balaban J connectivity index is 2.56. The van der Waals surface area contributed by atoms with Gasteiger partial charge in [-0.1, -0.05) is 0 Å². The van der Waals surface area contributed by atoms with E-state index in [1.54, 1.807) is 20.4 Å². The van der Waals surface area contributed by atoms with Crippen molar-refractivity contribution in [1.82, 2.24) is 10.2 Å². The van der Waals surface area contributed by atoms with E-state index >= 15 is 0 Å². The SMILES string of the molecule is COc1cc(-c2cn[nH]c2)cc(CN)c1OC. The van der Waals surface area contributed by atoms with Gasteiger partial charge in [0.25, 0.3) is 0 Å². The van der Waals surface area contributed by atoms with Crippen LogP contribution < -0.4 is 15.2 Å². The Morgan fingerprint density at radius 3 is 2.59 bits per heavy atom. The second kappa shape index (κ2) is 4.88. The molecule has 0 atom stereocenters. The quantitative estimate of drug-likeness (QED) is 0.840. The zero-order valence-corrected chi connectivity index (χ0v) is 9.86. The molecule has 2 rings (SSSR count). The van der Waals surface area contributed by atoms with E-state index in [0.29, 0.717) is 18.0 Å². The van der Waals surface area contributed by atoms with Crippen LogP contribution in [0, 0.1) is 0 Å². The Kier molecular flexibility index (Phi) is 3.30. The van der Waals surface area contributed by atoms with Gasteiger partial charge in [0.2, 0.25) is 0 Å². The van der Waals surface area contributed by atoms with Gasteiger partial charge in [-0.3, -0.25) is 5.10 Å². The average Bonchev–Trinajstić information content (AvgIpc) is 2.90. The number of methoxy groups -OCH3 is 2. The molecule has 0 aliphatic heterocycles. The highest BCUT2D eigenvalue weighted by Crippen LogP contribution is 2.35. The maximum Gasteiger partial charge on any atom is 0.165 e. The Hall–Kier alpha value is -2.01. The molecule has 0 radical (unpaired) electrons. The first-order valence-corrected chi connectivity index (χ1v) is 5.24. The molecule has 0 fully saturated rings. The van der Waals surface area contributed by atoms with Gasteiger partial charge in [-0.2, -0.15) is 5.10 Å². The van der Waals surface area contributed by atoms with Crippen LogP contribution in [-0.4, -0.2) is 24.4 Å². The molecule has 1 aromatic carbocycles. The van der Waals surface area contributed by atoms with Gasteiger partial charge in [-0.15, -0.1) is 0 Å². The lowest BCUT2D eigenvalue weighted by atomic mass is 10.0. The first-order valence-electron chi connectivity index (χ1n) is 5.24. The van der Waals surface area contributed by atoms with Crippen LogP contribution >= 0.6 is 0 Å². The molecule has 90 valence electrons. The molecule has 0 spiro atoms. The van der Waals surface area contributed by atoms with E-state index in [1.165, 1.54) is 0 Å². The molecule has 1 heterocycles. The van der Waals surface area contributed by atoms with Crippen molar-refractivity contribution in [2.45, 2.75) is 6.54 Å². The summed E-state index contributed by atoms with van der Waals surface area (Å²) >= 11 is 0. The maximum atomic E-state index is 5.71. The molecule has 5 nitrogen and oxygen atoms in total. The number of nitrogens with zero attached hydrogens (tertiary/aromatic N) is 1. The summed E-state index contributed by atoms with van der Waals surface area (Å²) in [4.78, 5) is 0. The van der Waals surface area contributed by atoms with Gasteiger partial charge in [-0.25, -0.2) is 0 Å². The van der Waals surface area contributed by atoms with Crippen molar-refractivity contribution in [3.8, 4) is 22.6 Å². The number of ether oxygens (including phenoxy) is 2. The molecule has 0 unspecified atom stereocenters. The second-order valence-electron chi connectivity index (χ2n) is 3.56. The minimum atomic E-state index is 0.394. The summed E-state index contributed by atoms with van der Waals surface area (Å²) in [6, 6.07) is 3.88. The normalized spacial score (nSPS) is 10.3. The monoisotopic (exact) mass is 233 g/mol. The van der Waals surface area contributed by atoms with Gasteiger partial charge in [0.15, 0.2) is 11.5 Å². The first-order chi connectivity index (χ1) is 8.30. The Bertz CT molecular complexity index is 469. The van der Waals surface area contributed by atoms with Crippen molar-refractivity contribution in [2.75, 3.05) is 14.2 Å². The van der Waals surface area contributed by atoms with Crippen LogP contribution in [0.4, 0.5) is 0 Å². The standard InChI is InChI=1S/C12H15N3O2/c1-16-11-4-8(10-6-14-15-7-10)3-9(5-13)12(11)17-2/h3-4,6-7H,5,13H2,1-2H3,(H,14,15). The third kappa shape index (κ3) is 2.09. The van der Waals surface area contributed by atoms with E-state index in [0.717, 1.165) is 16.7 Å². The molecule has 0 saturated heterocycles. The van der Waals surface area contributed by atoms with Crippen molar-refractivity contribution in [3.63, 3.8) is 0 Å². The fourth-order valence-electron chi connectivity index (χ4n) is 1.77. The van der Waals surface area contributed by atoms with E-state index in [9.17, 15) is 0 Å². The number of hydrogen-bond acceptors (Lipinski definition) is 4. The summed E-state index contributed by atoms with van der Waals surface area (Å²) < 4.78 is 10.6. The lowest BCUT2D eigenvalue weighted by molar-refractivity contribution is 0.352. The number of benzene rings is 1. The van der Waals surface area contributed by atoms with Crippen molar-refractivity contribution in [3.05, 3.63) is 30.1 Å². The highest BCUT2D eigenvalue weighted by molar-refractivity contribution is 5.68. The number of nitrogens with two attached hydrogens (primary N) is 1. The predicted molar refractivity (Wildman–Crippen MR) is 65.0 cm³/mol. The van der Waals surface area contributed by atoms with Gasteiger partial charge in [-0.05, 0) is 17.7 Å². The minimum Gasteiger partial charge on any atom is -0.493 e. The van der Waals surface area contributed by atoms with Crippen molar-refractivity contribution >= 4 is 0 Å². The molecule has 0 aliphatic carbocycles. The van der Waals surface area contributed by atoms with Crippen molar-refractivity contribution in [1.29, 1.82) is 0 Å². The van der Waals surface area contributed by atoms with Gasteiger partial charge >= 0.3 is 0 Å². The van der Waals surface area contributed by atoms with Crippen LogP contribution in [0.2, 0.25) is 0 Å². The molecule has 3 N–H and O–H groups in total. The number of aromatic amines is 1. The van der Waals surface area contributed by atoms with Crippen molar-refractivity contribution < 1.29 is 9.47 Å². The third-order valence-corrected chi connectivity index (χ3v) is 2.61. The Labute approximate surface area is 99.5 Å². The highest BCUT2D eigenvalue weighted by Gasteiger charge is 2.12. The molecule has 0 saturated carbocycles. The summed E-state index contributed by atoms with van der Waals surface area (Å²) in [6.45, 7) is 0.394. The fourth-order valence-corrected chi connectivity index (χ4v) is 1.77. The van der Waals surface area contributed by atoms with Crippen LogP contribution in [0.5, 0.6) is 11.5 Å². The van der Waals surface area contributed by atoms with Crippen LogP contribution in [0.3, 0.4) is 0 Å². The molecular formula is C12H15N3O2. The largest absolute Gasteiger partial charge is 0.493 e. The van der Waals surface area contributed by atoms with Gasteiger partial charge in [0, 0.05) is 23.9 Å². The lowest BCUT2D eigenvalue weighted by Crippen LogP contribution is -2.02. The summed E-state index contributed by atoms with van der Waals surface area (Å²) in [6.07, 6.45) is 3.57. The topological polar surface area (TPSA) is 73.2 Å². The Morgan fingerprint density at radius 2 is 2.06 bits per heavy atom. The molecule has 2 aromatic rings. The van der Waals surface area contributed by atoms with Crippen LogP contribution in [0.15, 0.2) is 24.5 Å². The molecule has 1 aromatic heterocycles. The van der Waals surface area contributed by atoms with E-state index in [1.807, 2.05) is 18.3 Å². The van der Waals surface area contributed by atoms with Gasteiger partial charge in [0.1, 0.15) is 0 Å². The first kappa shape index (κ1) is 11.5. The van der Waals surface area contributed by atoms with Crippen LogP contribution in [-0.2, 0) is 6.54 Å². The summed E-state index contributed by atoms with van der Waals surface area (Å²) in [5, 5.41) is 6.70. The van der Waals surface area contributed by atoms with E-state index < -0.39 is 0 Å². The van der Waals surface area contributed by atoms with Crippen LogP contribution in [0.25, 0.3) is 11.1 Å². The fraction of sp³-hybridized carbons (Fsp3) is 0.250. The minimum absolute atomic E-state index is 0.394. The van der Waals surface area contributed by atoms with E-state index in [4.69, 9.17) is 15.2 Å². The van der Waals surface area contributed by atoms with Gasteiger partial charge < -0.3 is 15.2 Å². The number of rotatable bonds is 4. The number of hydrogen-bond donors (Lipinski definition) is 2. The smallest absolute Gasteiger partial charge is 0.165 e. The molecular weight excluding hydrogens is 218 g/mol. The maximum absolute atomic E-state index is 5.71. The summed E-state index contributed by atoms with van der Waals surface area (Å²) in [5.74, 6) is 1.36. The van der Waals surface area contributed by atoms with Crippen LogP contribution in [0.1, 0.15) is 5.56 Å². The van der Waals surface area contributed by atoms with E-state index in [-0.39, 0.29) is 0 Å². The Morgan fingerprint density at radius 1 is 1.24 bits per heavy atom. The lowest BCUT2D eigenvalue weighted by Gasteiger charge is -2.13. The summed E-state index contributed by atoms with van der Waals surface area (Å²) in [5.41, 5.74) is 8.60. The zero-order valence-electron chi connectivity index (χ0n) is 9.86. The van der Waals surface area contributed by atoms with E-state index in [2.05, 4.69) is 10.2 Å². The molecule has 0 bridgehead atoms. The number of aromatic nitrogens is 2. The second-order valence-corrected chi connectivity index (χ2v) is 3.56. The van der Waals surface area contributed by atoms with Gasteiger partial charge in [0.05, 0.1) is 20.4 Å². The zero-order chi connectivity index (χ0) is 12.3. The summed E-state index contributed by atoms with van der Waals surface area (Å²) in [7, 11) is 3.21. The third-order valence-electron chi connectivity index (χ3n) is 2.61. The number of nitrogens with one attached hydrogen (secondary N) is 1. The van der Waals surface area contributed by atoms with Crippen molar-refractivity contribution in [2.24, 2.45) is 5.73 Å². The molecule has 17 heavy (non-hydrogen) atoms. The molecule has 0 aliphatic rings. The predicted octanol–water partition coefficient (Wildman–Crippen LogP) is 1.55. The average molecular weight is 233 g/mol. The molecule has 5 heteroatoms. The number of H-pyrrole nitrogens is 1.